The zero-order chi connectivity index (χ0) is 20.9. The van der Waals surface area contributed by atoms with E-state index in [2.05, 4.69) is 0 Å². The van der Waals surface area contributed by atoms with Crippen LogP contribution < -0.4 is 0 Å². The molecular formula is C20H20F6O2. The Hall–Kier alpha value is -2.06. The average molecular weight is 406 g/mol. The van der Waals surface area contributed by atoms with Gasteiger partial charge in [0.2, 0.25) is 0 Å². The third-order valence-electron chi connectivity index (χ3n) is 4.32. The van der Waals surface area contributed by atoms with E-state index in [1.54, 1.807) is 0 Å². The fourth-order valence-corrected chi connectivity index (χ4v) is 3.00. The first-order valence-electron chi connectivity index (χ1n) is 8.70. The van der Waals surface area contributed by atoms with Crippen LogP contribution in [0.5, 0.6) is 0 Å². The van der Waals surface area contributed by atoms with Crippen LogP contribution in [0.1, 0.15) is 35.1 Å². The number of aryl methyl sites for hydroxylation is 2. The predicted molar refractivity (Wildman–Crippen MR) is 92.7 cm³/mol. The van der Waals surface area contributed by atoms with Gasteiger partial charge in [0.25, 0.3) is 0 Å². The summed E-state index contributed by atoms with van der Waals surface area (Å²) in [6, 6.07) is 6.47. The third kappa shape index (κ3) is 5.48. The van der Waals surface area contributed by atoms with Crippen molar-refractivity contribution in [1.82, 2.24) is 0 Å². The van der Waals surface area contributed by atoms with Crippen LogP contribution in [0.3, 0.4) is 0 Å². The van der Waals surface area contributed by atoms with Crippen molar-refractivity contribution in [3.8, 4) is 11.1 Å². The lowest BCUT2D eigenvalue weighted by Crippen LogP contribution is -2.12. The highest BCUT2D eigenvalue weighted by Crippen LogP contribution is 2.43. The summed E-state index contributed by atoms with van der Waals surface area (Å²) in [4.78, 5) is 0. The molecule has 2 nitrogen and oxygen atoms in total. The van der Waals surface area contributed by atoms with Crippen molar-refractivity contribution in [1.29, 1.82) is 0 Å². The van der Waals surface area contributed by atoms with E-state index >= 15 is 0 Å². The van der Waals surface area contributed by atoms with Gasteiger partial charge in [-0.15, -0.1) is 0 Å². The summed E-state index contributed by atoms with van der Waals surface area (Å²) in [5.41, 5.74) is -2.79. The first-order chi connectivity index (χ1) is 13.1. The Balaban J connectivity index is 2.62. The fraction of sp³-hybridized carbons (Fsp3) is 0.400. The maximum Gasteiger partial charge on any atom is 0.417 e. The van der Waals surface area contributed by atoms with Crippen molar-refractivity contribution in [2.45, 2.75) is 38.0 Å². The Morgan fingerprint density at radius 1 is 0.607 bits per heavy atom. The predicted octanol–water partition coefficient (Wildman–Crippen LogP) is 5.24. The molecule has 0 heterocycles. The summed E-state index contributed by atoms with van der Waals surface area (Å²) in [5, 5.41) is 17.7. The minimum absolute atomic E-state index is 0.187. The summed E-state index contributed by atoms with van der Waals surface area (Å²) in [7, 11) is 0. The minimum Gasteiger partial charge on any atom is -0.396 e. The van der Waals surface area contributed by atoms with Crippen molar-refractivity contribution in [3.05, 3.63) is 58.7 Å². The summed E-state index contributed by atoms with van der Waals surface area (Å²) in [6.45, 7) is -0.396. The zero-order valence-electron chi connectivity index (χ0n) is 14.9. The lowest BCUT2D eigenvalue weighted by molar-refractivity contribution is -0.139. The van der Waals surface area contributed by atoms with Crippen LogP contribution in [0.2, 0.25) is 0 Å². The topological polar surface area (TPSA) is 40.5 Å². The number of aliphatic hydroxyl groups is 2. The smallest absolute Gasteiger partial charge is 0.396 e. The van der Waals surface area contributed by atoms with Gasteiger partial charge < -0.3 is 10.2 Å². The van der Waals surface area contributed by atoms with Crippen molar-refractivity contribution in [3.63, 3.8) is 0 Å². The van der Waals surface area contributed by atoms with Gasteiger partial charge in [-0.2, -0.15) is 26.3 Å². The molecule has 2 aromatic carbocycles. The number of halogens is 6. The maximum atomic E-state index is 13.6. The molecule has 2 N–H and O–H groups in total. The van der Waals surface area contributed by atoms with E-state index in [0.717, 1.165) is 24.3 Å². The first kappa shape index (κ1) is 22.2. The molecule has 0 saturated heterocycles. The molecule has 0 bridgehead atoms. The quantitative estimate of drug-likeness (QED) is 0.618. The zero-order valence-corrected chi connectivity index (χ0v) is 14.9. The van der Waals surface area contributed by atoms with E-state index in [-0.39, 0.29) is 38.9 Å². The van der Waals surface area contributed by atoms with E-state index in [0.29, 0.717) is 11.1 Å². The molecule has 0 aliphatic heterocycles. The molecule has 0 unspecified atom stereocenters. The standard InChI is InChI=1S/C20H20F6O2/c21-19(22,23)17-11-13(3-1-9-27)5-7-15(17)16-8-6-14(4-2-10-28)12-18(16)20(24,25)26/h5-8,11-12,27-28H,1-4,9-10H2. The van der Waals surface area contributed by atoms with Crippen molar-refractivity contribution in [2.24, 2.45) is 0 Å². The van der Waals surface area contributed by atoms with Crippen LogP contribution in [0, 0.1) is 0 Å². The number of hydrogen-bond donors (Lipinski definition) is 2. The highest BCUT2D eigenvalue weighted by molar-refractivity contribution is 5.73. The van der Waals surface area contributed by atoms with Gasteiger partial charge in [0.15, 0.2) is 0 Å². The highest BCUT2D eigenvalue weighted by atomic mass is 19.4. The highest BCUT2D eigenvalue weighted by Gasteiger charge is 2.38. The lowest BCUT2D eigenvalue weighted by atomic mass is 9.91. The first-order valence-corrected chi connectivity index (χ1v) is 8.70. The summed E-state index contributed by atoms with van der Waals surface area (Å²) < 4.78 is 81.3. The second-order valence-electron chi connectivity index (χ2n) is 6.41. The van der Waals surface area contributed by atoms with Crippen LogP contribution in [-0.2, 0) is 25.2 Å². The Morgan fingerprint density at radius 2 is 0.964 bits per heavy atom. The van der Waals surface area contributed by atoms with Gasteiger partial charge in [0.05, 0.1) is 11.1 Å². The summed E-state index contributed by atoms with van der Waals surface area (Å²) >= 11 is 0. The Bertz CT molecular complexity index is 729. The SMILES string of the molecule is OCCCc1ccc(-c2ccc(CCCO)cc2C(F)(F)F)c(C(F)(F)F)c1. The van der Waals surface area contributed by atoms with Gasteiger partial charge >= 0.3 is 12.4 Å². The van der Waals surface area contributed by atoms with Crippen molar-refractivity contribution < 1.29 is 36.6 Å². The average Bonchev–Trinajstić information content (AvgIpc) is 2.63. The molecule has 0 atom stereocenters. The van der Waals surface area contributed by atoms with E-state index < -0.39 is 34.6 Å². The van der Waals surface area contributed by atoms with Crippen molar-refractivity contribution >= 4 is 0 Å². The van der Waals surface area contributed by atoms with Gasteiger partial charge in [-0.05, 0) is 60.1 Å². The molecule has 0 fully saturated rings. The van der Waals surface area contributed by atoms with Crippen LogP contribution in [0.15, 0.2) is 36.4 Å². The van der Waals surface area contributed by atoms with Crippen LogP contribution in [0.4, 0.5) is 26.3 Å². The van der Waals surface area contributed by atoms with Crippen molar-refractivity contribution in [2.75, 3.05) is 13.2 Å². The molecule has 0 aliphatic carbocycles. The van der Waals surface area contributed by atoms with Gasteiger partial charge in [0.1, 0.15) is 0 Å². The summed E-state index contributed by atoms with van der Waals surface area (Å²) in [6.07, 6.45) is -8.78. The second-order valence-corrected chi connectivity index (χ2v) is 6.41. The minimum atomic E-state index is -4.83. The monoisotopic (exact) mass is 406 g/mol. The number of hydrogen-bond acceptors (Lipinski definition) is 2. The number of alkyl halides is 6. The Morgan fingerprint density at radius 3 is 1.25 bits per heavy atom. The van der Waals surface area contributed by atoms with Crippen LogP contribution in [0.25, 0.3) is 11.1 Å². The Labute approximate surface area is 158 Å². The number of rotatable bonds is 7. The molecule has 0 aliphatic rings. The summed E-state index contributed by atoms with van der Waals surface area (Å²) in [5.74, 6) is 0. The largest absolute Gasteiger partial charge is 0.417 e. The van der Waals surface area contributed by atoms with E-state index in [4.69, 9.17) is 10.2 Å². The molecular weight excluding hydrogens is 386 g/mol. The van der Waals surface area contributed by atoms with Gasteiger partial charge in [-0.3, -0.25) is 0 Å². The Kier molecular flexibility index (Phi) is 7.11. The molecule has 0 radical (unpaired) electrons. The molecule has 2 rings (SSSR count). The van der Waals surface area contributed by atoms with E-state index in [1.807, 2.05) is 0 Å². The molecule has 0 saturated carbocycles. The number of aliphatic hydroxyl groups excluding tert-OH is 2. The molecule has 28 heavy (non-hydrogen) atoms. The van der Waals surface area contributed by atoms with Crippen LogP contribution >= 0.6 is 0 Å². The van der Waals surface area contributed by atoms with Gasteiger partial charge in [-0.25, -0.2) is 0 Å². The normalized spacial score (nSPS) is 12.4. The lowest BCUT2D eigenvalue weighted by Gasteiger charge is -2.19. The van der Waals surface area contributed by atoms with Gasteiger partial charge in [-0.1, -0.05) is 24.3 Å². The molecule has 0 spiro atoms. The van der Waals surface area contributed by atoms with Gasteiger partial charge in [0, 0.05) is 13.2 Å². The van der Waals surface area contributed by atoms with E-state index in [1.165, 1.54) is 12.1 Å². The maximum absolute atomic E-state index is 13.6. The van der Waals surface area contributed by atoms with Crippen LogP contribution in [-0.4, -0.2) is 23.4 Å². The molecule has 2 aromatic rings. The molecule has 0 amide bonds. The second kappa shape index (κ2) is 8.96. The van der Waals surface area contributed by atoms with E-state index in [9.17, 15) is 26.3 Å². The number of benzene rings is 2. The fourth-order valence-electron chi connectivity index (χ4n) is 3.00. The molecule has 8 heteroatoms. The molecule has 154 valence electrons. The molecule has 0 aromatic heterocycles. The third-order valence-corrected chi connectivity index (χ3v) is 4.32.